The molecule has 92 valence electrons. The predicted octanol–water partition coefficient (Wildman–Crippen LogP) is 3.25. The second-order valence-electron chi connectivity index (χ2n) is 4.07. The van der Waals surface area contributed by atoms with Gasteiger partial charge in [0.05, 0.1) is 6.61 Å². The standard InChI is InChI=1S/C13H21NO.ClH/c1-4-15-13-8-6-5-7-12(13)10-14-9-11(2)3;/h5-8,11,14H,4,9-10H2,1-3H3;1H. The number of nitrogens with one attached hydrogen (secondary N) is 1. The smallest absolute Gasteiger partial charge is 0.123 e. The first-order chi connectivity index (χ1) is 7.24. The molecule has 2 nitrogen and oxygen atoms in total. The zero-order chi connectivity index (χ0) is 11.1. The van der Waals surface area contributed by atoms with E-state index in [1.54, 1.807) is 0 Å². The lowest BCUT2D eigenvalue weighted by atomic mass is 10.2. The molecule has 0 aromatic heterocycles. The lowest BCUT2D eigenvalue weighted by Gasteiger charge is -2.11. The fraction of sp³-hybridized carbons (Fsp3) is 0.538. The van der Waals surface area contributed by atoms with Crippen molar-refractivity contribution in [2.24, 2.45) is 5.92 Å². The van der Waals surface area contributed by atoms with E-state index >= 15 is 0 Å². The van der Waals surface area contributed by atoms with Crippen LogP contribution in [0, 0.1) is 5.92 Å². The van der Waals surface area contributed by atoms with Crippen LogP contribution < -0.4 is 10.1 Å². The van der Waals surface area contributed by atoms with Crippen LogP contribution in [-0.4, -0.2) is 13.2 Å². The van der Waals surface area contributed by atoms with Crippen LogP contribution in [0.2, 0.25) is 0 Å². The number of rotatable bonds is 6. The molecule has 0 fully saturated rings. The Labute approximate surface area is 105 Å². The van der Waals surface area contributed by atoms with Gasteiger partial charge in [-0.2, -0.15) is 0 Å². The molecule has 0 aliphatic rings. The highest BCUT2D eigenvalue weighted by molar-refractivity contribution is 5.85. The Morgan fingerprint density at radius 3 is 2.56 bits per heavy atom. The molecular weight excluding hydrogens is 222 g/mol. The lowest BCUT2D eigenvalue weighted by Crippen LogP contribution is -2.19. The van der Waals surface area contributed by atoms with Gasteiger partial charge in [0.2, 0.25) is 0 Å². The lowest BCUT2D eigenvalue weighted by molar-refractivity contribution is 0.335. The van der Waals surface area contributed by atoms with Crippen molar-refractivity contribution in [1.82, 2.24) is 5.32 Å². The zero-order valence-corrected chi connectivity index (χ0v) is 11.1. The van der Waals surface area contributed by atoms with E-state index in [0.29, 0.717) is 5.92 Å². The van der Waals surface area contributed by atoms with E-state index in [1.165, 1.54) is 5.56 Å². The average Bonchev–Trinajstić information content (AvgIpc) is 2.20. The third-order valence-electron chi connectivity index (χ3n) is 2.14. The van der Waals surface area contributed by atoms with Gasteiger partial charge in [0.15, 0.2) is 0 Å². The molecule has 3 heteroatoms. The van der Waals surface area contributed by atoms with Crippen LogP contribution in [0.5, 0.6) is 5.75 Å². The first kappa shape index (κ1) is 15.3. The van der Waals surface area contributed by atoms with E-state index in [1.807, 2.05) is 19.1 Å². The SMILES string of the molecule is CCOc1ccccc1CNCC(C)C.Cl. The first-order valence-corrected chi connectivity index (χ1v) is 5.65. The van der Waals surface area contributed by atoms with E-state index in [9.17, 15) is 0 Å². The van der Waals surface area contributed by atoms with Crippen molar-refractivity contribution in [3.05, 3.63) is 29.8 Å². The van der Waals surface area contributed by atoms with Gasteiger partial charge in [-0.15, -0.1) is 12.4 Å². The second kappa shape index (κ2) is 8.43. The Hall–Kier alpha value is -0.730. The minimum Gasteiger partial charge on any atom is -0.494 e. The Bertz CT molecular complexity index is 289. The molecule has 0 amide bonds. The Kier molecular flexibility index (Phi) is 8.04. The highest BCUT2D eigenvalue weighted by Gasteiger charge is 2.01. The molecule has 1 aromatic carbocycles. The van der Waals surface area contributed by atoms with E-state index in [4.69, 9.17) is 4.74 Å². The maximum Gasteiger partial charge on any atom is 0.123 e. The Balaban J connectivity index is 0.00000225. The normalized spacial score (nSPS) is 10.0. The van der Waals surface area contributed by atoms with Crippen molar-refractivity contribution >= 4 is 12.4 Å². The maximum absolute atomic E-state index is 5.55. The molecule has 0 spiro atoms. The fourth-order valence-electron chi connectivity index (χ4n) is 1.44. The van der Waals surface area contributed by atoms with Crippen LogP contribution in [0.4, 0.5) is 0 Å². The van der Waals surface area contributed by atoms with Gasteiger partial charge in [0.25, 0.3) is 0 Å². The van der Waals surface area contributed by atoms with Crippen LogP contribution in [0.15, 0.2) is 24.3 Å². The molecule has 0 aliphatic heterocycles. The van der Waals surface area contributed by atoms with Gasteiger partial charge in [-0.3, -0.25) is 0 Å². The molecular formula is C13H22ClNO. The van der Waals surface area contributed by atoms with Crippen molar-refractivity contribution in [2.45, 2.75) is 27.3 Å². The second-order valence-corrected chi connectivity index (χ2v) is 4.07. The summed E-state index contributed by atoms with van der Waals surface area (Å²) in [7, 11) is 0. The molecule has 0 aliphatic carbocycles. The Morgan fingerprint density at radius 2 is 1.94 bits per heavy atom. The third kappa shape index (κ3) is 5.38. The molecule has 0 heterocycles. The van der Waals surface area contributed by atoms with E-state index < -0.39 is 0 Å². The quantitative estimate of drug-likeness (QED) is 0.828. The van der Waals surface area contributed by atoms with Gasteiger partial charge in [0, 0.05) is 12.1 Å². The van der Waals surface area contributed by atoms with E-state index in [2.05, 4.69) is 31.3 Å². The molecule has 1 rings (SSSR count). The number of halogens is 1. The summed E-state index contributed by atoms with van der Waals surface area (Å²) >= 11 is 0. The van der Waals surface area contributed by atoms with Crippen LogP contribution in [0.1, 0.15) is 26.3 Å². The maximum atomic E-state index is 5.55. The molecule has 0 radical (unpaired) electrons. The summed E-state index contributed by atoms with van der Waals surface area (Å²) in [5, 5.41) is 3.42. The summed E-state index contributed by atoms with van der Waals surface area (Å²) in [6, 6.07) is 8.19. The summed E-state index contributed by atoms with van der Waals surface area (Å²) in [4.78, 5) is 0. The van der Waals surface area contributed by atoms with Crippen molar-refractivity contribution in [1.29, 1.82) is 0 Å². The zero-order valence-electron chi connectivity index (χ0n) is 10.3. The van der Waals surface area contributed by atoms with Gasteiger partial charge >= 0.3 is 0 Å². The topological polar surface area (TPSA) is 21.3 Å². The summed E-state index contributed by atoms with van der Waals surface area (Å²) in [6.45, 7) is 9.08. The first-order valence-electron chi connectivity index (χ1n) is 5.65. The van der Waals surface area contributed by atoms with Gasteiger partial charge in [-0.25, -0.2) is 0 Å². The molecule has 1 aromatic rings. The summed E-state index contributed by atoms with van der Waals surface area (Å²) in [6.07, 6.45) is 0. The highest BCUT2D eigenvalue weighted by Crippen LogP contribution is 2.17. The van der Waals surface area contributed by atoms with Crippen LogP contribution in [-0.2, 0) is 6.54 Å². The van der Waals surface area contributed by atoms with Crippen LogP contribution >= 0.6 is 12.4 Å². The third-order valence-corrected chi connectivity index (χ3v) is 2.14. The molecule has 0 bridgehead atoms. The molecule has 0 saturated carbocycles. The largest absolute Gasteiger partial charge is 0.494 e. The number of para-hydroxylation sites is 1. The van der Waals surface area contributed by atoms with Crippen molar-refractivity contribution in [2.75, 3.05) is 13.2 Å². The number of ether oxygens (including phenoxy) is 1. The monoisotopic (exact) mass is 243 g/mol. The fourth-order valence-corrected chi connectivity index (χ4v) is 1.44. The van der Waals surface area contributed by atoms with Gasteiger partial charge in [0.1, 0.15) is 5.75 Å². The van der Waals surface area contributed by atoms with Gasteiger partial charge < -0.3 is 10.1 Å². The number of hydrogen-bond acceptors (Lipinski definition) is 2. The number of benzene rings is 1. The summed E-state index contributed by atoms with van der Waals surface area (Å²) in [5.41, 5.74) is 1.24. The van der Waals surface area contributed by atoms with Gasteiger partial charge in [-0.05, 0) is 25.5 Å². The minimum atomic E-state index is 0. The van der Waals surface area contributed by atoms with E-state index in [-0.39, 0.29) is 12.4 Å². The van der Waals surface area contributed by atoms with Crippen molar-refractivity contribution < 1.29 is 4.74 Å². The molecule has 1 N–H and O–H groups in total. The van der Waals surface area contributed by atoms with Crippen molar-refractivity contribution in [3.63, 3.8) is 0 Å². The van der Waals surface area contributed by atoms with Gasteiger partial charge in [-0.1, -0.05) is 32.0 Å². The predicted molar refractivity (Wildman–Crippen MR) is 71.4 cm³/mol. The minimum absolute atomic E-state index is 0. The van der Waals surface area contributed by atoms with Crippen molar-refractivity contribution in [3.8, 4) is 5.75 Å². The molecule has 0 unspecified atom stereocenters. The number of hydrogen-bond donors (Lipinski definition) is 1. The van der Waals surface area contributed by atoms with Crippen LogP contribution in [0.25, 0.3) is 0 Å². The molecule has 16 heavy (non-hydrogen) atoms. The summed E-state index contributed by atoms with van der Waals surface area (Å²) < 4.78 is 5.55. The molecule has 0 saturated heterocycles. The van der Waals surface area contributed by atoms with E-state index in [0.717, 1.165) is 25.4 Å². The summed E-state index contributed by atoms with van der Waals surface area (Å²) in [5.74, 6) is 1.68. The highest BCUT2D eigenvalue weighted by atomic mass is 35.5. The molecule has 0 atom stereocenters. The average molecular weight is 244 g/mol. The Morgan fingerprint density at radius 1 is 1.25 bits per heavy atom. The van der Waals surface area contributed by atoms with Crippen LogP contribution in [0.3, 0.4) is 0 Å².